The summed E-state index contributed by atoms with van der Waals surface area (Å²) in [5.74, 6) is 2.95. The summed E-state index contributed by atoms with van der Waals surface area (Å²) in [6, 6.07) is 4.82. The van der Waals surface area contributed by atoms with Crippen LogP contribution >= 0.6 is 11.3 Å². The van der Waals surface area contributed by atoms with Gasteiger partial charge in [-0.1, -0.05) is 6.07 Å². The fraction of sp³-hybridized carbons (Fsp3) is 0.750. The van der Waals surface area contributed by atoms with E-state index in [9.17, 15) is 4.79 Å². The van der Waals surface area contributed by atoms with E-state index in [1.54, 1.807) is 0 Å². The molecule has 0 aromatic carbocycles. The summed E-state index contributed by atoms with van der Waals surface area (Å²) in [5.41, 5.74) is 0.157. The fourth-order valence-corrected chi connectivity index (χ4v) is 7.50. The van der Waals surface area contributed by atoms with Crippen LogP contribution in [0, 0.1) is 17.8 Å². The number of amides is 1. The third-order valence-corrected chi connectivity index (χ3v) is 8.00. The maximum absolute atomic E-state index is 12.8. The van der Waals surface area contributed by atoms with Crippen molar-refractivity contribution in [1.29, 1.82) is 0 Å². The van der Waals surface area contributed by atoms with Gasteiger partial charge in [0.15, 0.2) is 0 Å². The average Bonchev–Trinajstić information content (AvgIpc) is 3.15. The van der Waals surface area contributed by atoms with Crippen LogP contribution in [0.15, 0.2) is 17.5 Å². The Kier molecular flexibility index (Phi) is 3.75. The van der Waals surface area contributed by atoms with E-state index in [-0.39, 0.29) is 11.4 Å². The van der Waals surface area contributed by atoms with E-state index in [2.05, 4.69) is 27.7 Å². The maximum Gasteiger partial charge on any atom is 0.234 e. The minimum Gasteiger partial charge on any atom is -0.350 e. The zero-order valence-corrected chi connectivity index (χ0v) is 15.2. The Balaban J connectivity index is 1.25. The molecule has 1 amide bonds. The highest BCUT2D eigenvalue weighted by Gasteiger charge is 2.51. The van der Waals surface area contributed by atoms with Crippen molar-refractivity contribution in [3.8, 4) is 0 Å². The van der Waals surface area contributed by atoms with Crippen molar-refractivity contribution in [2.75, 3.05) is 13.1 Å². The molecule has 6 rings (SSSR count). The number of hydrogen-bond donors (Lipinski definition) is 1. The number of thiophene rings is 1. The average molecular weight is 345 g/mol. The van der Waals surface area contributed by atoms with Crippen LogP contribution in [0.25, 0.3) is 0 Å². The molecule has 0 unspecified atom stereocenters. The van der Waals surface area contributed by atoms with Crippen LogP contribution in [0.1, 0.15) is 62.3 Å². The lowest BCUT2D eigenvalue weighted by Gasteiger charge is -2.57. The molecule has 0 radical (unpaired) electrons. The van der Waals surface area contributed by atoms with Gasteiger partial charge in [-0.2, -0.15) is 0 Å². The largest absolute Gasteiger partial charge is 0.350 e. The van der Waals surface area contributed by atoms with Gasteiger partial charge in [-0.3, -0.25) is 9.69 Å². The maximum atomic E-state index is 12.8. The van der Waals surface area contributed by atoms with Crippen molar-refractivity contribution in [1.82, 2.24) is 10.2 Å². The van der Waals surface area contributed by atoms with Gasteiger partial charge in [0, 0.05) is 16.5 Å². The van der Waals surface area contributed by atoms with Crippen molar-refractivity contribution in [3.63, 3.8) is 0 Å². The summed E-state index contributed by atoms with van der Waals surface area (Å²) < 4.78 is 0. The molecule has 3 nitrogen and oxygen atoms in total. The number of rotatable bonds is 4. The Labute approximate surface area is 148 Å². The summed E-state index contributed by atoms with van der Waals surface area (Å²) in [7, 11) is 0. The van der Waals surface area contributed by atoms with E-state index < -0.39 is 0 Å². The highest BCUT2D eigenvalue weighted by Crippen LogP contribution is 2.55. The lowest BCUT2D eigenvalue weighted by molar-refractivity contribution is -0.128. The van der Waals surface area contributed by atoms with Gasteiger partial charge in [-0.05, 0) is 87.1 Å². The van der Waals surface area contributed by atoms with Crippen molar-refractivity contribution >= 4 is 17.2 Å². The second kappa shape index (κ2) is 5.84. The molecule has 1 aromatic rings. The Morgan fingerprint density at radius 3 is 2.54 bits per heavy atom. The van der Waals surface area contributed by atoms with Gasteiger partial charge in [0.05, 0.1) is 6.54 Å². The Hall–Kier alpha value is -0.870. The number of carbonyl (C=O) groups is 1. The van der Waals surface area contributed by atoms with Crippen LogP contribution < -0.4 is 5.32 Å². The van der Waals surface area contributed by atoms with Crippen LogP contribution in [-0.4, -0.2) is 29.4 Å². The van der Waals surface area contributed by atoms with E-state index in [1.165, 1.54) is 56.2 Å². The molecule has 4 saturated carbocycles. The first kappa shape index (κ1) is 15.4. The van der Waals surface area contributed by atoms with Gasteiger partial charge in [0.1, 0.15) is 0 Å². The molecule has 130 valence electrons. The monoisotopic (exact) mass is 344 g/mol. The molecule has 4 aliphatic carbocycles. The summed E-state index contributed by atoms with van der Waals surface area (Å²) in [5, 5.41) is 5.69. The quantitative estimate of drug-likeness (QED) is 0.896. The summed E-state index contributed by atoms with van der Waals surface area (Å²) in [6.45, 7) is 1.65. The smallest absolute Gasteiger partial charge is 0.234 e. The van der Waals surface area contributed by atoms with Crippen molar-refractivity contribution in [2.45, 2.75) is 62.9 Å². The Morgan fingerprint density at radius 2 is 1.92 bits per heavy atom. The van der Waals surface area contributed by atoms with Crippen molar-refractivity contribution in [3.05, 3.63) is 22.4 Å². The van der Waals surface area contributed by atoms with E-state index in [1.807, 2.05) is 11.3 Å². The molecule has 4 heteroatoms. The van der Waals surface area contributed by atoms with Crippen molar-refractivity contribution in [2.24, 2.45) is 17.8 Å². The van der Waals surface area contributed by atoms with E-state index in [0.717, 1.165) is 24.3 Å². The standard InChI is InChI=1S/C20H28N2OS/c23-19(13-22-5-1-3-17(22)18-4-2-6-24-18)21-20-10-14-7-15(11-20)9-16(8-14)12-20/h2,4,6,14-17H,1,3,5,7-13H2,(H,21,23)/t14?,15?,16?,17-,20?/m1/s1. The number of nitrogens with one attached hydrogen (secondary N) is 1. The second-order valence-electron chi connectivity index (χ2n) is 8.89. The highest BCUT2D eigenvalue weighted by atomic mass is 32.1. The zero-order chi connectivity index (χ0) is 16.1. The Morgan fingerprint density at radius 1 is 1.21 bits per heavy atom. The van der Waals surface area contributed by atoms with Crippen molar-refractivity contribution < 1.29 is 4.79 Å². The molecule has 1 aliphatic heterocycles. The molecule has 2 heterocycles. The lowest BCUT2D eigenvalue weighted by atomic mass is 9.53. The minimum absolute atomic E-state index is 0.157. The highest BCUT2D eigenvalue weighted by molar-refractivity contribution is 7.10. The van der Waals surface area contributed by atoms with Gasteiger partial charge in [-0.25, -0.2) is 0 Å². The van der Waals surface area contributed by atoms with E-state index in [4.69, 9.17) is 0 Å². The summed E-state index contributed by atoms with van der Waals surface area (Å²) in [4.78, 5) is 16.7. The van der Waals surface area contributed by atoms with Crippen LogP contribution in [0.4, 0.5) is 0 Å². The third kappa shape index (κ3) is 2.72. The zero-order valence-electron chi connectivity index (χ0n) is 14.4. The van der Waals surface area contributed by atoms with Gasteiger partial charge in [0.25, 0.3) is 0 Å². The first-order valence-corrected chi connectivity index (χ1v) is 10.7. The third-order valence-electron chi connectivity index (χ3n) is 7.02. The van der Waals surface area contributed by atoms with Gasteiger partial charge in [-0.15, -0.1) is 11.3 Å². The molecule has 1 saturated heterocycles. The molecule has 1 atom stereocenters. The predicted molar refractivity (Wildman–Crippen MR) is 96.9 cm³/mol. The van der Waals surface area contributed by atoms with Gasteiger partial charge >= 0.3 is 0 Å². The van der Waals surface area contributed by atoms with Gasteiger partial charge in [0.2, 0.25) is 5.91 Å². The molecule has 5 fully saturated rings. The molecule has 0 spiro atoms. The number of likely N-dealkylation sites (tertiary alicyclic amines) is 1. The minimum atomic E-state index is 0.157. The topological polar surface area (TPSA) is 32.3 Å². The lowest BCUT2D eigenvalue weighted by Crippen LogP contribution is -2.60. The molecular weight excluding hydrogens is 316 g/mol. The Bertz CT molecular complexity index is 576. The summed E-state index contributed by atoms with van der Waals surface area (Å²) >= 11 is 1.83. The summed E-state index contributed by atoms with van der Waals surface area (Å²) in [6.07, 6.45) is 10.5. The van der Waals surface area contributed by atoms with Gasteiger partial charge < -0.3 is 5.32 Å². The number of carbonyl (C=O) groups excluding carboxylic acids is 1. The number of hydrogen-bond acceptors (Lipinski definition) is 3. The van der Waals surface area contributed by atoms with Crippen LogP contribution in [-0.2, 0) is 4.79 Å². The van der Waals surface area contributed by atoms with Crippen LogP contribution in [0.3, 0.4) is 0 Å². The van der Waals surface area contributed by atoms with E-state index >= 15 is 0 Å². The first-order chi connectivity index (χ1) is 11.7. The second-order valence-corrected chi connectivity index (χ2v) is 9.87. The SMILES string of the molecule is O=C(CN1CCC[C@@H]1c1cccs1)NC12CC3CC(CC(C3)C1)C2. The number of nitrogens with zero attached hydrogens (tertiary/aromatic N) is 1. The first-order valence-electron chi connectivity index (χ1n) is 9.78. The predicted octanol–water partition coefficient (Wildman–Crippen LogP) is 3.97. The molecule has 4 bridgehead atoms. The fourth-order valence-electron chi connectivity index (χ4n) is 6.60. The van der Waals surface area contributed by atoms with Crippen LogP contribution in [0.5, 0.6) is 0 Å². The molecule has 1 N–H and O–H groups in total. The molecule has 24 heavy (non-hydrogen) atoms. The van der Waals surface area contributed by atoms with Crippen LogP contribution in [0.2, 0.25) is 0 Å². The molecule has 1 aromatic heterocycles. The van der Waals surface area contributed by atoms with E-state index in [0.29, 0.717) is 12.6 Å². The molecule has 5 aliphatic rings. The normalized spacial score (nSPS) is 41.0. The molecular formula is C20H28N2OS.